The summed E-state index contributed by atoms with van der Waals surface area (Å²) in [6, 6.07) is 0. The molecule has 1 fully saturated rings. The molecule has 0 N–H and O–H groups in total. The molecule has 1 rings (SSSR count). The molecule has 0 bridgehead atoms. The Morgan fingerprint density at radius 1 is 1.08 bits per heavy atom. The van der Waals surface area contributed by atoms with Gasteiger partial charge in [-0.15, -0.1) is 0 Å². The first kappa shape index (κ1) is 11.0. The summed E-state index contributed by atoms with van der Waals surface area (Å²) in [7, 11) is 2.25. The van der Waals surface area contributed by atoms with Gasteiger partial charge in [-0.1, -0.05) is 27.7 Å². The van der Waals surface area contributed by atoms with Crippen molar-refractivity contribution < 1.29 is 0 Å². The highest BCUT2D eigenvalue weighted by atomic mass is 15.1. The van der Waals surface area contributed by atoms with Crippen LogP contribution in [0.15, 0.2) is 0 Å². The molecule has 1 aliphatic rings. The van der Waals surface area contributed by atoms with Crippen LogP contribution in [-0.4, -0.2) is 25.0 Å². The molecule has 0 aromatic rings. The van der Waals surface area contributed by atoms with Gasteiger partial charge in [0.2, 0.25) is 0 Å². The van der Waals surface area contributed by atoms with Gasteiger partial charge in [0.15, 0.2) is 0 Å². The topological polar surface area (TPSA) is 3.24 Å². The molecule has 13 heavy (non-hydrogen) atoms. The van der Waals surface area contributed by atoms with Gasteiger partial charge in [0.1, 0.15) is 0 Å². The van der Waals surface area contributed by atoms with Crippen molar-refractivity contribution in [2.45, 2.75) is 40.5 Å². The molecule has 1 heteroatoms. The zero-order chi connectivity index (χ0) is 10.1. The van der Waals surface area contributed by atoms with E-state index in [0.29, 0.717) is 5.41 Å². The van der Waals surface area contributed by atoms with Crippen LogP contribution in [0.5, 0.6) is 0 Å². The molecule has 2 unspecified atom stereocenters. The predicted octanol–water partition coefficient (Wildman–Crippen LogP) is 3.01. The summed E-state index contributed by atoms with van der Waals surface area (Å²) in [5, 5.41) is 0. The third-order valence-electron chi connectivity index (χ3n) is 3.59. The lowest BCUT2D eigenvalue weighted by atomic mass is 9.71. The summed E-state index contributed by atoms with van der Waals surface area (Å²) >= 11 is 0. The first-order chi connectivity index (χ1) is 5.91. The van der Waals surface area contributed by atoms with Crippen LogP contribution in [-0.2, 0) is 0 Å². The van der Waals surface area contributed by atoms with Crippen molar-refractivity contribution in [1.29, 1.82) is 0 Å². The maximum Gasteiger partial charge on any atom is -0.00188 e. The average Bonchev–Trinajstić information content (AvgIpc) is 2.12. The van der Waals surface area contributed by atoms with E-state index in [4.69, 9.17) is 0 Å². The lowest BCUT2D eigenvalue weighted by Gasteiger charge is -2.34. The third-order valence-corrected chi connectivity index (χ3v) is 3.59. The van der Waals surface area contributed by atoms with E-state index in [1.165, 1.54) is 25.9 Å². The fourth-order valence-corrected chi connectivity index (χ4v) is 2.67. The van der Waals surface area contributed by atoms with Gasteiger partial charge in [0.25, 0.3) is 0 Å². The molecular weight excluding hydrogens is 158 g/mol. The van der Waals surface area contributed by atoms with E-state index in [1.54, 1.807) is 0 Å². The Balaban J connectivity index is 2.62. The fourth-order valence-electron chi connectivity index (χ4n) is 2.67. The minimum atomic E-state index is 0.491. The number of hydrogen-bond acceptors (Lipinski definition) is 1. The summed E-state index contributed by atoms with van der Waals surface area (Å²) in [5.74, 6) is 1.79. The molecule has 78 valence electrons. The quantitative estimate of drug-likeness (QED) is 0.558. The highest BCUT2D eigenvalue weighted by Crippen LogP contribution is 2.37. The molecule has 1 aliphatic heterocycles. The van der Waals surface area contributed by atoms with Crippen molar-refractivity contribution in [2.24, 2.45) is 17.3 Å². The minimum Gasteiger partial charge on any atom is -0.306 e. The normalized spacial score (nSPS) is 33.0. The molecular formula is C12H25N. The van der Waals surface area contributed by atoms with Gasteiger partial charge >= 0.3 is 0 Å². The first-order valence-corrected chi connectivity index (χ1v) is 5.60. The average molecular weight is 183 g/mol. The largest absolute Gasteiger partial charge is 0.306 e. The maximum atomic E-state index is 2.47. The van der Waals surface area contributed by atoms with E-state index in [-0.39, 0.29) is 0 Å². The van der Waals surface area contributed by atoms with Crippen LogP contribution in [0.4, 0.5) is 0 Å². The summed E-state index contributed by atoms with van der Waals surface area (Å²) in [6.45, 7) is 12.2. The van der Waals surface area contributed by atoms with E-state index < -0.39 is 0 Å². The molecule has 0 aromatic carbocycles. The molecule has 1 saturated heterocycles. The summed E-state index contributed by atoms with van der Waals surface area (Å²) < 4.78 is 0. The van der Waals surface area contributed by atoms with E-state index in [1.807, 2.05) is 0 Å². The second kappa shape index (κ2) is 4.00. The van der Waals surface area contributed by atoms with Gasteiger partial charge in [-0.2, -0.15) is 0 Å². The maximum absolute atomic E-state index is 2.47. The highest BCUT2D eigenvalue weighted by molar-refractivity contribution is 4.82. The fraction of sp³-hybridized carbons (Fsp3) is 1.00. The van der Waals surface area contributed by atoms with Crippen LogP contribution in [0.25, 0.3) is 0 Å². The van der Waals surface area contributed by atoms with Gasteiger partial charge in [-0.3, -0.25) is 0 Å². The Bertz CT molecular complexity index is 157. The molecule has 0 aliphatic carbocycles. The van der Waals surface area contributed by atoms with Crippen molar-refractivity contribution in [1.82, 2.24) is 4.90 Å². The van der Waals surface area contributed by atoms with Crippen molar-refractivity contribution >= 4 is 0 Å². The van der Waals surface area contributed by atoms with Crippen molar-refractivity contribution in [2.75, 3.05) is 20.1 Å². The highest BCUT2D eigenvalue weighted by Gasteiger charge is 2.31. The van der Waals surface area contributed by atoms with Gasteiger partial charge in [-0.05, 0) is 50.2 Å². The number of nitrogens with zero attached hydrogens (tertiary/aromatic N) is 1. The first-order valence-electron chi connectivity index (χ1n) is 5.60. The minimum absolute atomic E-state index is 0.491. The van der Waals surface area contributed by atoms with Crippen LogP contribution >= 0.6 is 0 Å². The lowest BCUT2D eigenvalue weighted by molar-refractivity contribution is 0.161. The lowest BCUT2D eigenvalue weighted by Crippen LogP contribution is -2.27. The Hall–Kier alpha value is -0.0400. The zero-order valence-electron chi connectivity index (χ0n) is 9.93. The second-order valence-corrected chi connectivity index (χ2v) is 5.83. The van der Waals surface area contributed by atoms with Crippen LogP contribution in [0, 0.1) is 17.3 Å². The van der Waals surface area contributed by atoms with Crippen LogP contribution in [0.2, 0.25) is 0 Å². The second-order valence-electron chi connectivity index (χ2n) is 5.83. The SMILES string of the molecule is CC1CCN(C)CCC1C(C)(C)C. The van der Waals surface area contributed by atoms with Crippen LogP contribution in [0.1, 0.15) is 40.5 Å². The van der Waals surface area contributed by atoms with Crippen LogP contribution in [0.3, 0.4) is 0 Å². The molecule has 0 spiro atoms. The third kappa shape index (κ3) is 2.98. The number of hydrogen-bond donors (Lipinski definition) is 0. The Kier molecular flexibility index (Phi) is 3.39. The molecule has 0 aromatic heterocycles. The summed E-state index contributed by atoms with van der Waals surface area (Å²) in [6.07, 6.45) is 2.75. The van der Waals surface area contributed by atoms with Crippen molar-refractivity contribution in [3.05, 3.63) is 0 Å². The van der Waals surface area contributed by atoms with E-state index in [0.717, 1.165) is 11.8 Å². The van der Waals surface area contributed by atoms with E-state index >= 15 is 0 Å². The van der Waals surface area contributed by atoms with E-state index in [2.05, 4.69) is 39.6 Å². The smallest absolute Gasteiger partial charge is 0.00188 e. The van der Waals surface area contributed by atoms with Crippen LogP contribution < -0.4 is 0 Å². The van der Waals surface area contributed by atoms with Gasteiger partial charge < -0.3 is 4.90 Å². The predicted molar refractivity (Wildman–Crippen MR) is 58.8 cm³/mol. The Morgan fingerprint density at radius 2 is 1.62 bits per heavy atom. The Labute approximate surface area is 83.5 Å². The monoisotopic (exact) mass is 183 g/mol. The van der Waals surface area contributed by atoms with Gasteiger partial charge in [-0.25, -0.2) is 0 Å². The zero-order valence-corrected chi connectivity index (χ0v) is 9.93. The molecule has 1 heterocycles. The number of likely N-dealkylation sites (tertiary alicyclic amines) is 1. The van der Waals surface area contributed by atoms with Gasteiger partial charge in [0.05, 0.1) is 0 Å². The Morgan fingerprint density at radius 3 is 2.15 bits per heavy atom. The molecule has 0 saturated carbocycles. The standard InChI is InChI=1S/C12H25N/c1-10-6-8-13(5)9-7-11(10)12(2,3)4/h10-11H,6-9H2,1-5H3. The summed E-state index contributed by atoms with van der Waals surface area (Å²) in [5.41, 5.74) is 0.491. The van der Waals surface area contributed by atoms with Crippen molar-refractivity contribution in [3.63, 3.8) is 0 Å². The van der Waals surface area contributed by atoms with E-state index in [9.17, 15) is 0 Å². The molecule has 0 radical (unpaired) electrons. The van der Waals surface area contributed by atoms with Gasteiger partial charge in [0, 0.05) is 0 Å². The molecule has 0 amide bonds. The molecule has 2 atom stereocenters. The number of rotatable bonds is 0. The molecule has 1 nitrogen and oxygen atoms in total. The van der Waals surface area contributed by atoms with Crippen molar-refractivity contribution in [3.8, 4) is 0 Å². The summed E-state index contributed by atoms with van der Waals surface area (Å²) in [4.78, 5) is 2.47.